The van der Waals surface area contributed by atoms with Crippen molar-refractivity contribution in [2.24, 2.45) is 0 Å². The molecule has 0 fully saturated rings. The first kappa shape index (κ1) is 12.8. The molecule has 0 aliphatic rings. The number of fused-ring (bicyclic) bond motifs is 1. The lowest BCUT2D eigenvalue weighted by atomic mass is 10.1. The molecule has 0 spiro atoms. The van der Waals surface area contributed by atoms with E-state index < -0.39 is 0 Å². The van der Waals surface area contributed by atoms with E-state index >= 15 is 0 Å². The van der Waals surface area contributed by atoms with E-state index in [0.29, 0.717) is 0 Å². The fourth-order valence-electron chi connectivity index (χ4n) is 2.15. The maximum absolute atomic E-state index is 4.78. The molecular weight excluding hydrogens is 366 g/mol. The van der Waals surface area contributed by atoms with Crippen LogP contribution in [0.5, 0.6) is 0 Å². The zero-order valence-electron chi connectivity index (χ0n) is 10.1. The minimum atomic E-state index is 0.0496. The largest absolute Gasteiger partial charge is 0.250 e. The summed E-state index contributed by atoms with van der Waals surface area (Å²) in [7, 11) is 0. The fraction of sp³-hybridized carbons (Fsp3) is 0.0625. The average Bonchev–Trinajstić information content (AvgIpc) is 2.47. The van der Waals surface area contributed by atoms with Gasteiger partial charge in [-0.15, -0.1) is 0 Å². The smallest absolute Gasteiger partial charge is 0.112 e. The number of nitrogens with zero attached hydrogens (tertiary/aromatic N) is 1. The Balaban J connectivity index is 2.28. The minimum absolute atomic E-state index is 0.0496. The number of pyridine rings is 1. The first-order valence-electron chi connectivity index (χ1n) is 5.99. The van der Waals surface area contributed by atoms with Crippen LogP contribution < -0.4 is 0 Å². The molecule has 3 heteroatoms. The maximum atomic E-state index is 4.78. The third-order valence-corrected chi connectivity index (χ3v) is 3.91. The normalized spacial score (nSPS) is 11.1. The number of hydrogen-bond donors (Lipinski definition) is 0. The molecule has 2 aromatic carbocycles. The SMILES string of the molecule is BrC(Br)c1nc(-c2ccccc2)cc2ccccc12. The molecule has 3 rings (SSSR count). The van der Waals surface area contributed by atoms with Gasteiger partial charge in [-0.1, -0.05) is 86.5 Å². The third-order valence-electron chi connectivity index (χ3n) is 3.05. The van der Waals surface area contributed by atoms with Crippen LogP contribution in [0.2, 0.25) is 0 Å². The van der Waals surface area contributed by atoms with Crippen LogP contribution in [0.4, 0.5) is 0 Å². The van der Waals surface area contributed by atoms with Crippen molar-refractivity contribution in [3.8, 4) is 11.3 Å². The summed E-state index contributed by atoms with van der Waals surface area (Å²) in [6.07, 6.45) is 0. The van der Waals surface area contributed by atoms with Crippen molar-refractivity contribution in [1.29, 1.82) is 0 Å². The van der Waals surface area contributed by atoms with E-state index in [4.69, 9.17) is 4.98 Å². The second-order valence-corrected chi connectivity index (χ2v) is 7.34. The van der Waals surface area contributed by atoms with Crippen LogP contribution in [0.15, 0.2) is 60.7 Å². The van der Waals surface area contributed by atoms with E-state index in [9.17, 15) is 0 Å². The molecule has 0 aliphatic carbocycles. The molecule has 94 valence electrons. The van der Waals surface area contributed by atoms with Crippen LogP contribution in [-0.4, -0.2) is 4.98 Å². The Labute approximate surface area is 128 Å². The molecule has 0 saturated heterocycles. The van der Waals surface area contributed by atoms with Gasteiger partial charge in [0.05, 0.1) is 11.4 Å². The van der Waals surface area contributed by atoms with E-state index in [1.165, 1.54) is 10.8 Å². The Morgan fingerprint density at radius 3 is 2.26 bits per heavy atom. The van der Waals surface area contributed by atoms with Gasteiger partial charge in [-0.25, -0.2) is 0 Å². The number of halogens is 2. The predicted molar refractivity (Wildman–Crippen MR) is 87.8 cm³/mol. The van der Waals surface area contributed by atoms with Crippen molar-refractivity contribution < 1.29 is 0 Å². The van der Waals surface area contributed by atoms with Crippen molar-refractivity contribution in [1.82, 2.24) is 4.98 Å². The second kappa shape index (κ2) is 5.43. The number of rotatable bonds is 2. The number of hydrogen-bond acceptors (Lipinski definition) is 1. The van der Waals surface area contributed by atoms with Gasteiger partial charge in [0, 0.05) is 10.9 Å². The standard InChI is InChI=1S/C16H11Br2N/c17-16(18)15-13-9-5-4-8-12(13)10-14(19-15)11-6-2-1-3-7-11/h1-10,16H. The Morgan fingerprint density at radius 1 is 0.842 bits per heavy atom. The van der Waals surface area contributed by atoms with Gasteiger partial charge >= 0.3 is 0 Å². The first-order valence-corrected chi connectivity index (χ1v) is 7.82. The van der Waals surface area contributed by atoms with E-state index in [1.54, 1.807) is 0 Å². The molecule has 0 bridgehead atoms. The lowest BCUT2D eigenvalue weighted by Crippen LogP contribution is -1.93. The molecule has 0 saturated carbocycles. The Hall–Kier alpha value is -1.19. The van der Waals surface area contributed by atoms with Gasteiger partial charge in [0.1, 0.15) is 3.74 Å². The summed E-state index contributed by atoms with van der Waals surface area (Å²) in [6.45, 7) is 0. The molecule has 19 heavy (non-hydrogen) atoms. The van der Waals surface area contributed by atoms with Gasteiger partial charge in [0.2, 0.25) is 0 Å². The summed E-state index contributed by atoms with van der Waals surface area (Å²) in [5.74, 6) is 0. The lowest BCUT2D eigenvalue weighted by Gasteiger charge is -2.10. The zero-order valence-corrected chi connectivity index (χ0v) is 13.2. The summed E-state index contributed by atoms with van der Waals surface area (Å²) in [5.41, 5.74) is 3.14. The van der Waals surface area contributed by atoms with Crippen LogP contribution >= 0.6 is 31.9 Å². The van der Waals surface area contributed by atoms with Gasteiger partial charge in [0.25, 0.3) is 0 Å². The maximum Gasteiger partial charge on any atom is 0.112 e. The molecule has 1 aromatic heterocycles. The fourth-order valence-corrected chi connectivity index (χ4v) is 2.85. The molecule has 1 heterocycles. The molecule has 0 aliphatic heterocycles. The number of alkyl halides is 2. The Kier molecular flexibility index (Phi) is 3.67. The van der Waals surface area contributed by atoms with Crippen molar-refractivity contribution in [3.63, 3.8) is 0 Å². The van der Waals surface area contributed by atoms with E-state index in [2.05, 4.69) is 68.3 Å². The molecule has 0 radical (unpaired) electrons. The number of benzene rings is 2. The summed E-state index contributed by atoms with van der Waals surface area (Å²) >= 11 is 7.13. The monoisotopic (exact) mass is 375 g/mol. The van der Waals surface area contributed by atoms with Crippen molar-refractivity contribution in [2.45, 2.75) is 3.74 Å². The van der Waals surface area contributed by atoms with Gasteiger partial charge in [-0.3, -0.25) is 4.98 Å². The minimum Gasteiger partial charge on any atom is -0.250 e. The van der Waals surface area contributed by atoms with Crippen LogP contribution in [0.3, 0.4) is 0 Å². The van der Waals surface area contributed by atoms with Gasteiger partial charge < -0.3 is 0 Å². The zero-order chi connectivity index (χ0) is 13.2. The molecule has 0 N–H and O–H groups in total. The van der Waals surface area contributed by atoms with Crippen molar-refractivity contribution >= 4 is 42.6 Å². The third kappa shape index (κ3) is 2.58. The predicted octanol–water partition coefficient (Wildman–Crippen LogP) is 5.69. The van der Waals surface area contributed by atoms with Crippen LogP contribution in [-0.2, 0) is 0 Å². The highest BCUT2D eigenvalue weighted by Gasteiger charge is 2.12. The second-order valence-electron chi connectivity index (χ2n) is 4.28. The molecule has 0 unspecified atom stereocenters. The van der Waals surface area contributed by atoms with Gasteiger partial charge in [0.15, 0.2) is 0 Å². The molecule has 3 aromatic rings. The van der Waals surface area contributed by atoms with Crippen molar-refractivity contribution in [2.75, 3.05) is 0 Å². The number of aromatic nitrogens is 1. The average molecular weight is 377 g/mol. The summed E-state index contributed by atoms with van der Waals surface area (Å²) in [6, 6.07) is 20.7. The Morgan fingerprint density at radius 2 is 1.53 bits per heavy atom. The summed E-state index contributed by atoms with van der Waals surface area (Å²) in [4.78, 5) is 4.78. The van der Waals surface area contributed by atoms with Crippen LogP contribution in [0.1, 0.15) is 9.43 Å². The van der Waals surface area contributed by atoms with Gasteiger partial charge in [-0.05, 0) is 11.5 Å². The topological polar surface area (TPSA) is 12.9 Å². The van der Waals surface area contributed by atoms with E-state index in [1.807, 2.05) is 24.3 Å². The lowest BCUT2D eigenvalue weighted by molar-refractivity contribution is 1.22. The Bertz CT molecular complexity index is 708. The molecule has 0 atom stereocenters. The highest BCUT2D eigenvalue weighted by atomic mass is 79.9. The van der Waals surface area contributed by atoms with Gasteiger partial charge in [-0.2, -0.15) is 0 Å². The molecular formula is C16H11Br2N. The molecule has 1 nitrogen and oxygen atoms in total. The van der Waals surface area contributed by atoms with Crippen molar-refractivity contribution in [3.05, 3.63) is 66.4 Å². The highest BCUT2D eigenvalue weighted by Crippen LogP contribution is 2.35. The summed E-state index contributed by atoms with van der Waals surface area (Å²) < 4.78 is 0.0496. The molecule has 0 amide bonds. The van der Waals surface area contributed by atoms with E-state index in [0.717, 1.165) is 17.0 Å². The highest BCUT2D eigenvalue weighted by molar-refractivity contribution is 9.24. The quantitative estimate of drug-likeness (QED) is 0.523. The van der Waals surface area contributed by atoms with Crippen LogP contribution in [0.25, 0.3) is 22.0 Å². The van der Waals surface area contributed by atoms with Crippen LogP contribution in [0, 0.1) is 0 Å². The summed E-state index contributed by atoms with van der Waals surface area (Å²) in [5, 5.41) is 2.37. The van der Waals surface area contributed by atoms with E-state index in [-0.39, 0.29) is 3.74 Å². The first-order chi connectivity index (χ1) is 9.25.